The van der Waals surface area contributed by atoms with Crippen molar-refractivity contribution in [2.75, 3.05) is 13.1 Å². The Morgan fingerprint density at radius 1 is 1.10 bits per heavy atom. The first-order valence-electron chi connectivity index (χ1n) is 7.32. The summed E-state index contributed by atoms with van der Waals surface area (Å²) in [6.07, 6.45) is -0.393. The molecule has 20 heavy (non-hydrogen) atoms. The summed E-state index contributed by atoms with van der Waals surface area (Å²) in [5, 5.41) is 6.18. The van der Waals surface area contributed by atoms with Gasteiger partial charge in [-0.2, -0.15) is 0 Å². The molecular formula is C16H24N2O2. The van der Waals surface area contributed by atoms with E-state index in [4.69, 9.17) is 4.74 Å². The van der Waals surface area contributed by atoms with E-state index in [9.17, 15) is 4.79 Å². The van der Waals surface area contributed by atoms with Crippen LogP contribution in [0.15, 0.2) is 18.2 Å². The van der Waals surface area contributed by atoms with Crippen molar-refractivity contribution in [2.24, 2.45) is 0 Å². The maximum atomic E-state index is 12.2. The smallest absolute Gasteiger partial charge is 0.343 e. The molecule has 0 aromatic heterocycles. The van der Waals surface area contributed by atoms with E-state index in [1.54, 1.807) is 0 Å². The summed E-state index contributed by atoms with van der Waals surface area (Å²) in [6, 6.07) is 6.11. The molecule has 0 amide bonds. The zero-order valence-corrected chi connectivity index (χ0v) is 12.7. The number of benzene rings is 1. The zero-order valence-electron chi connectivity index (χ0n) is 12.7. The molecular weight excluding hydrogens is 252 g/mol. The van der Waals surface area contributed by atoms with Gasteiger partial charge in [0.15, 0.2) is 6.17 Å². The quantitative estimate of drug-likeness (QED) is 0.655. The Balaban J connectivity index is 2.30. The van der Waals surface area contributed by atoms with E-state index in [0.717, 1.165) is 30.0 Å². The molecule has 1 aliphatic rings. The number of carbonyl (C=O) groups is 1. The predicted octanol–water partition coefficient (Wildman–Crippen LogP) is 2.36. The highest BCUT2D eigenvalue weighted by molar-refractivity contribution is 5.79. The minimum Gasteiger partial charge on any atom is -0.424 e. The summed E-state index contributed by atoms with van der Waals surface area (Å²) in [5.74, 6) is 1.12. The molecule has 4 heteroatoms. The summed E-state index contributed by atoms with van der Waals surface area (Å²) in [7, 11) is 0. The lowest BCUT2D eigenvalue weighted by Crippen LogP contribution is -2.42. The number of hydrogen-bond donors (Lipinski definition) is 2. The van der Waals surface area contributed by atoms with E-state index in [1.165, 1.54) is 0 Å². The molecule has 0 atom stereocenters. The van der Waals surface area contributed by atoms with E-state index in [1.807, 2.05) is 18.2 Å². The van der Waals surface area contributed by atoms with Crippen molar-refractivity contribution < 1.29 is 9.53 Å². The van der Waals surface area contributed by atoms with Crippen molar-refractivity contribution in [3.63, 3.8) is 0 Å². The van der Waals surface area contributed by atoms with E-state index in [0.29, 0.717) is 11.8 Å². The largest absolute Gasteiger partial charge is 0.424 e. The van der Waals surface area contributed by atoms with E-state index >= 15 is 0 Å². The SMILES string of the molecule is CC(C)c1cccc(C(C)C)c1OC(=O)C1NCCN1. The summed E-state index contributed by atoms with van der Waals surface area (Å²) in [4.78, 5) is 12.2. The van der Waals surface area contributed by atoms with Gasteiger partial charge in [0.1, 0.15) is 5.75 Å². The third-order valence-corrected chi connectivity index (χ3v) is 3.58. The second-order valence-electron chi connectivity index (χ2n) is 5.84. The third-order valence-electron chi connectivity index (χ3n) is 3.58. The number of carbonyl (C=O) groups excluding carboxylic acids is 1. The topological polar surface area (TPSA) is 50.4 Å². The Kier molecular flexibility index (Phi) is 4.78. The molecule has 0 bridgehead atoms. The first kappa shape index (κ1) is 15.0. The lowest BCUT2D eigenvalue weighted by Gasteiger charge is -2.20. The number of rotatable bonds is 4. The van der Waals surface area contributed by atoms with Gasteiger partial charge in [-0.1, -0.05) is 45.9 Å². The predicted molar refractivity (Wildman–Crippen MR) is 80.0 cm³/mol. The molecule has 1 heterocycles. The molecule has 0 aliphatic carbocycles. The highest BCUT2D eigenvalue weighted by Crippen LogP contribution is 2.34. The molecule has 0 saturated carbocycles. The molecule has 0 radical (unpaired) electrons. The standard InChI is InChI=1S/C16H24N2O2/c1-10(2)12-6-5-7-13(11(3)4)14(12)20-16(19)15-17-8-9-18-15/h5-7,10-11,15,17-18H,8-9H2,1-4H3. The summed E-state index contributed by atoms with van der Waals surface area (Å²) >= 11 is 0. The van der Waals surface area contributed by atoms with Crippen LogP contribution in [0.5, 0.6) is 5.75 Å². The van der Waals surface area contributed by atoms with Gasteiger partial charge in [-0.25, -0.2) is 4.79 Å². The van der Waals surface area contributed by atoms with Gasteiger partial charge in [0.2, 0.25) is 0 Å². The molecule has 110 valence electrons. The lowest BCUT2D eigenvalue weighted by molar-refractivity contribution is -0.137. The van der Waals surface area contributed by atoms with E-state index < -0.39 is 6.17 Å². The van der Waals surface area contributed by atoms with Gasteiger partial charge in [-0.3, -0.25) is 10.6 Å². The van der Waals surface area contributed by atoms with Crippen LogP contribution in [0.2, 0.25) is 0 Å². The van der Waals surface area contributed by atoms with Crippen LogP contribution < -0.4 is 15.4 Å². The van der Waals surface area contributed by atoms with Gasteiger partial charge >= 0.3 is 5.97 Å². The fourth-order valence-electron chi connectivity index (χ4n) is 2.43. The van der Waals surface area contributed by atoms with Crippen molar-refractivity contribution in [1.29, 1.82) is 0 Å². The molecule has 0 unspecified atom stereocenters. The van der Waals surface area contributed by atoms with Crippen LogP contribution in [0.1, 0.15) is 50.7 Å². The van der Waals surface area contributed by atoms with Gasteiger partial charge in [0.25, 0.3) is 0 Å². The van der Waals surface area contributed by atoms with Crippen molar-refractivity contribution >= 4 is 5.97 Å². The number of nitrogens with one attached hydrogen (secondary N) is 2. The maximum absolute atomic E-state index is 12.2. The molecule has 4 nitrogen and oxygen atoms in total. The van der Waals surface area contributed by atoms with Crippen LogP contribution in [0.25, 0.3) is 0 Å². The minimum atomic E-state index is -0.393. The minimum absolute atomic E-state index is 0.252. The second-order valence-corrected chi connectivity index (χ2v) is 5.84. The number of para-hydroxylation sites is 1. The zero-order chi connectivity index (χ0) is 14.7. The monoisotopic (exact) mass is 276 g/mol. The highest BCUT2D eigenvalue weighted by atomic mass is 16.5. The molecule has 2 N–H and O–H groups in total. The van der Waals surface area contributed by atoms with Crippen molar-refractivity contribution in [1.82, 2.24) is 10.6 Å². The summed E-state index contributed by atoms with van der Waals surface area (Å²) < 4.78 is 5.72. The Labute approximate surface area is 120 Å². The number of esters is 1. The van der Waals surface area contributed by atoms with Crippen LogP contribution in [-0.4, -0.2) is 25.2 Å². The molecule has 1 aromatic rings. The Bertz CT molecular complexity index is 451. The van der Waals surface area contributed by atoms with Gasteiger partial charge in [0.05, 0.1) is 0 Å². The molecule has 1 aliphatic heterocycles. The van der Waals surface area contributed by atoms with Crippen LogP contribution in [0.3, 0.4) is 0 Å². The molecule has 0 spiro atoms. The normalized spacial score (nSPS) is 16.1. The van der Waals surface area contributed by atoms with Gasteiger partial charge in [-0.05, 0) is 23.0 Å². The van der Waals surface area contributed by atoms with Crippen LogP contribution in [0, 0.1) is 0 Å². The first-order chi connectivity index (χ1) is 9.50. The first-order valence-corrected chi connectivity index (χ1v) is 7.32. The average Bonchev–Trinajstić information content (AvgIpc) is 2.92. The third kappa shape index (κ3) is 3.19. The molecule has 1 aromatic carbocycles. The number of ether oxygens (including phenoxy) is 1. The highest BCUT2D eigenvalue weighted by Gasteiger charge is 2.26. The van der Waals surface area contributed by atoms with Gasteiger partial charge in [-0.15, -0.1) is 0 Å². The van der Waals surface area contributed by atoms with Crippen molar-refractivity contribution in [2.45, 2.75) is 45.7 Å². The fraction of sp³-hybridized carbons (Fsp3) is 0.562. The Morgan fingerprint density at radius 3 is 2.05 bits per heavy atom. The number of hydrogen-bond acceptors (Lipinski definition) is 4. The van der Waals surface area contributed by atoms with Crippen LogP contribution >= 0.6 is 0 Å². The summed E-state index contributed by atoms with van der Waals surface area (Å²) in [6.45, 7) is 10.0. The van der Waals surface area contributed by atoms with Crippen LogP contribution in [-0.2, 0) is 4.79 Å². The van der Waals surface area contributed by atoms with Crippen molar-refractivity contribution in [3.8, 4) is 5.75 Å². The Morgan fingerprint density at radius 2 is 1.60 bits per heavy atom. The fourth-order valence-corrected chi connectivity index (χ4v) is 2.43. The molecule has 2 rings (SSSR count). The van der Waals surface area contributed by atoms with Gasteiger partial charge in [0, 0.05) is 13.1 Å². The lowest BCUT2D eigenvalue weighted by atomic mass is 9.94. The maximum Gasteiger partial charge on any atom is 0.343 e. The van der Waals surface area contributed by atoms with Gasteiger partial charge < -0.3 is 4.74 Å². The van der Waals surface area contributed by atoms with E-state index in [-0.39, 0.29) is 5.97 Å². The van der Waals surface area contributed by atoms with E-state index in [2.05, 4.69) is 38.3 Å². The molecule has 1 fully saturated rings. The van der Waals surface area contributed by atoms with Crippen LogP contribution in [0.4, 0.5) is 0 Å². The van der Waals surface area contributed by atoms with Crippen molar-refractivity contribution in [3.05, 3.63) is 29.3 Å². The summed E-state index contributed by atoms with van der Waals surface area (Å²) in [5.41, 5.74) is 2.17. The molecule has 1 saturated heterocycles. The second kappa shape index (κ2) is 6.37. The average molecular weight is 276 g/mol. The Hall–Kier alpha value is -1.39.